The molecule has 2 aromatic rings. The van der Waals surface area contributed by atoms with Gasteiger partial charge in [0.05, 0.1) is 24.4 Å². The van der Waals surface area contributed by atoms with Crippen molar-refractivity contribution in [3.63, 3.8) is 0 Å². The van der Waals surface area contributed by atoms with Crippen LogP contribution in [0.2, 0.25) is 0 Å². The van der Waals surface area contributed by atoms with E-state index in [2.05, 4.69) is 26.5 Å². The second kappa shape index (κ2) is 8.33. The summed E-state index contributed by atoms with van der Waals surface area (Å²) in [5.74, 6) is 1.17. The zero-order chi connectivity index (χ0) is 16.7. The maximum atomic E-state index is 12.0. The smallest absolute Gasteiger partial charge is 0.271 e. The van der Waals surface area contributed by atoms with Crippen LogP contribution in [0.15, 0.2) is 52.0 Å². The van der Waals surface area contributed by atoms with E-state index in [-0.39, 0.29) is 5.91 Å². The second-order valence-electron chi connectivity index (χ2n) is 4.55. The largest absolute Gasteiger partial charge is 0.496 e. The molecule has 0 fully saturated rings. The van der Waals surface area contributed by atoms with E-state index in [4.69, 9.17) is 9.47 Å². The molecule has 0 saturated carbocycles. The van der Waals surface area contributed by atoms with Crippen LogP contribution in [0.4, 0.5) is 0 Å². The minimum Gasteiger partial charge on any atom is -0.496 e. The zero-order valence-electron chi connectivity index (χ0n) is 12.9. The summed E-state index contributed by atoms with van der Waals surface area (Å²) in [5, 5.41) is 3.95. The average Bonchev–Trinajstić information content (AvgIpc) is 2.56. The van der Waals surface area contributed by atoms with Gasteiger partial charge in [0.1, 0.15) is 11.5 Å². The molecule has 1 amide bonds. The third-order valence-corrected chi connectivity index (χ3v) is 3.60. The van der Waals surface area contributed by atoms with E-state index in [1.54, 1.807) is 31.5 Å². The predicted octanol–water partition coefficient (Wildman–Crippen LogP) is 3.62. The molecule has 5 nitrogen and oxygen atoms in total. The maximum absolute atomic E-state index is 12.0. The number of carbonyl (C=O) groups excluding carboxylic acids is 1. The third kappa shape index (κ3) is 4.82. The van der Waals surface area contributed by atoms with Gasteiger partial charge in [-0.25, -0.2) is 5.43 Å². The van der Waals surface area contributed by atoms with Crippen molar-refractivity contribution in [2.24, 2.45) is 5.10 Å². The molecule has 0 heterocycles. The SMILES string of the molecule is CCOc1ccc(/C=N/NC(=O)c2ccc(OC)c(Br)c2)cc1. The highest BCUT2D eigenvalue weighted by Gasteiger charge is 2.07. The van der Waals surface area contributed by atoms with Gasteiger partial charge in [0.15, 0.2) is 0 Å². The molecule has 0 aliphatic carbocycles. The van der Waals surface area contributed by atoms with Gasteiger partial charge >= 0.3 is 0 Å². The molecule has 0 radical (unpaired) electrons. The Balaban J connectivity index is 1.96. The number of hydrogen-bond acceptors (Lipinski definition) is 4. The highest BCUT2D eigenvalue weighted by Crippen LogP contribution is 2.25. The third-order valence-electron chi connectivity index (χ3n) is 2.98. The molecule has 0 atom stereocenters. The first-order chi connectivity index (χ1) is 11.1. The van der Waals surface area contributed by atoms with Crippen LogP contribution in [-0.2, 0) is 0 Å². The fraction of sp³-hybridized carbons (Fsp3) is 0.176. The van der Waals surface area contributed by atoms with Crippen LogP contribution in [0.25, 0.3) is 0 Å². The fourth-order valence-electron chi connectivity index (χ4n) is 1.85. The summed E-state index contributed by atoms with van der Waals surface area (Å²) in [5.41, 5.74) is 3.84. The lowest BCUT2D eigenvalue weighted by molar-refractivity contribution is 0.0955. The molecule has 0 bridgehead atoms. The van der Waals surface area contributed by atoms with Gasteiger partial charge in [0.2, 0.25) is 0 Å². The summed E-state index contributed by atoms with van der Waals surface area (Å²) in [4.78, 5) is 12.0. The Kier molecular flexibility index (Phi) is 6.17. The molecule has 0 aromatic heterocycles. The Hall–Kier alpha value is -2.34. The van der Waals surface area contributed by atoms with Crippen molar-refractivity contribution in [1.29, 1.82) is 0 Å². The summed E-state index contributed by atoms with van der Waals surface area (Å²) >= 11 is 3.34. The van der Waals surface area contributed by atoms with Crippen molar-refractivity contribution in [1.82, 2.24) is 5.43 Å². The van der Waals surface area contributed by atoms with Crippen molar-refractivity contribution in [2.75, 3.05) is 13.7 Å². The predicted molar refractivity (Wildman–Crippen MR) is 93.4 cm³/mol. The maximum Gasteiger partial charge on any atom is 0.271 e. The number of hydrazone groups is 1. The van der Waals surface area contributed by atoms with Crippen LogP contribution < -0.4 is 14.9 Å². The number of rotatable bonds is 6. The molecular formula is C17H17BrN2O3. The lowest BCUT2D eigenvalue weighted by atomic mass is 10.2. The Labute approximate surface area is 143 Å². The standard InChI is InChI=1S/C17H17BrN2O3/c1-3-23-14-7-4-12(5-8-14)11-19-20-17(21)13-6-9-16(22-2)15(18)10-13/h4-11H,3H2,1-2H3,(H,20,21)/b19-11+. The number of nitrogens with zero attached hydrogens (tertiary/aromatic N) is 1. The van der Waals surface area contributed by atoms with Crippen LogP contribution in [-0.4, -0.2) is 25.8 Å². The summed E-state index contributed by atoms with van der Waals surface area (Å²) in [6.07, 6.45) is 1.58. The zero-order valence-corrected chi connectivity index (χ0v) is 14.5. The molecule has 0 aliphatic rings. The lowest BCUT2D eigenvalue weighted by Crippen LogP contribution is -2.17. The topological polar surface area (TPSA) is 59.9 Å². The minimum absolute atomic E-state index is 0.296. The Morgan fingerprint density at radius 1 is 1.26 bits per heavy atom. The number of hydrogen-bond donors (Lipinski definition) is 1. The quantitative estimate of drug-likeness (QED) is 0.618. The molecule has 0 spiro atoms. The van der Waals surface area contributed by atoms with Crippen molar-refractivity contribution in [3.8, 4) is 11.5 Å². The van der Waals surface area contributed by atoms with E-state index < -0.39 is 0 Å². The number of ether oxygens (including phenoxy) is 2. The molecule has 0 saturated heterocycles. The van der Waals surface area contributed by atoms with Gasteiger partial charge in [-0.2, -0.15) is 5.10 Å². The lowest BCUT2D eigenvalue weighted by Gasteiger charge is -2.05. The van der Waals surface area contributed by atoms with E-state index in [1.165, 1.54) is 0 Å². The van der Waals surface area contributed by atoms with E-state index in [1.807, 2.05) is 31.2 Å². The number of amides is 1. The van der Waals surface area contributed by atoms with Crippen LogP contribution >= 0.6 is 15.9 Å². The number of nitrogens with one attached hydrogen (secondary N) is 1. The first-order valence-electron chi connectivity index (χ1n) is 7.04. The summed E-state index contributed by atoms with van der Waals surface area (Å²) in [7, 11) is 1.57. The van der Waals surface area contributed by atoms with Gasteiger partial charge in [0, 0.05) is 5.56 Å². The second-order valence-corrected chi connectivity index (χ2v) is 5.40. The van der Waals surface area contributed by atoms with Crippen molar-refractivity contribution in [2.45, 2.75) is 6.92 Å². The van der Waals surface area contributed by atoms with E-state index in [0.29, 0.717) is 22.4 Å². The Bertz CT molecular complexity index is 699. The Morgan fingerprint density at radius 3 is 2.61 bits per heavy atom. The summed E-state index contributed by atoms with van der Waals surface area (Å²) in [6, 6.07) is 12.5. The highest BCUT2D eigenvalue weighted by atomic mass is 79.9. The molecule has 2 rings (SSSR count). The summed E-state index contributed by atoms with van der Waals surface area (Å²) < 4.78 is 11.2. The van der Waals surface area contributed by atoms with Gasteiger partial charge in [0.25, 0.3) is 5.91 Å². The van der Waals surface area contributed by atoms with Gasteiger partial charge in [-0.1, -0.05) is 0 Å². The number of halogens is 1. The number of methoxy groups -OCH3 is 1. The molecule has 6 heteroatoms. The summed E-state index contributed by atoms with van der Waals surface area (Å²) in [6.45, 7) is 2.56. The number of carbonyl (C=O) groups is 1. The fourth-order valence-corrected chi connectivity index (χ4v) is 2.40. The van der Waals surface area contributed by atoms with E-state index >= 15 is 0 Å². The van der Waals surface area contributed by atoms with Gasteiger partial charge < -0.3 is 9.47 Å². The molecule has 0 aliphatic heterocycles. The van der Waals surface area contributed by atoms with Crippen LogP contribution in [0.5, 0.6) is 11.5 Å². The van der Waals surface area contributed by atoms with E-state index in [0.717, 1.165) is 11.3 Å². The highest BCUT2D eigenvalue weighted by molar-refractivity contribution is 9.10. The molecule has 1 N–H and O–H groups in total. The van der Waals surface area contributed by atoms with E-state index in [9.17, 15) is 4.79 Å². The first-order valence-corrected chi connectivity index (χ1v) is 7.83. The van der Waals surface area contributed by atoms with Crippen molar-refractivity contribution < 1.29 is 14.3 Å². The normalized spacial score (nSPS) is 10.6. The minimum atomic E-state index is -0.296. The molecular weight excluding hydrogens is 360 g/mol. The van der Waals surface area contributed by atoms with Gasteiger partial charge in [-0.15, -0.1) is 0 Å². The first kappa shape index (κ1) is 17.0. The monoisotopic (exact) mass is 376 g/mol. The van der Waals surface area contributed by atoms with Crippen molar-refractivity contribution >= 4 is 28.1 Å². The van der Waals surface area contributed by atoms with Crippen LogP contribution in [0.1, 0.15) is 22.8 Å². The average molecular weight is 377 g/mol. The molecule has 2 aromatic carbocycles. The van der Waals surface area contributed by atoms with Crippen LogP contribution in [0, 0.1) is 0 Å². The van der Waals surface area contributed by atoms with Gasteiger partial charge in [-0.05, 0) is 70.9 Å². The molecule has 0 unspecified atom stereocenters. The molecule has 23 heavy (non-hydrogen) atoms. The van der Waals surface area contributed by atoms with Crippen molar-refractivity contribution in [3.05, 3.63) is 58.1 Å². The Morgan fingerprint density at radius 2 is 2.00 bits per heavy atom. The molecule has 120 valence electrons. The van der Waals surface area contributed by atoms with Gasteiger partial charge in [-0.3, -0.25) is 4.79 Å². The number of benzene rings is 2. The van der Waals surface area contributed by atoms with Crippen LogP contribution in [0.3, 0.4) is 0 Å².